The van der Waals surface area contributed by atoms with Crippen LogP contribution in [0.2, 0.25) is 10.0 Å². The molecule has 2 amide bonds. The summed E-state index contributed by atoms with van der Waals surface area (Å²) in [5.41, 5.74) is 5.70. The molecule has 3 N–H and O–H groups in total. The Hall–Kier alpha value is -1.57. The smallest absolute Gasteiger partial charge is 0.257 e. The highest BCUT2D eigenvalue weighted by atomic mass is 35.5. The third-order valence-corrected chi connectivity index (χ3v) is 4.44. The van der Waals surface area contributed by atoms with Crippen LogP contribution in [0.15, 0.2) is 18.2 Å². The van der Waals surface area contributed by atoms with Crippen molar-refractivity contribution in [3.8, 4) is 0 Å². The van der Waals surface area contributed by atoms with Gasteiger partial charge in [0, 0.05) is 18.7 Å². The van der Waals surface area contributed by atoms with E-state index in [4.69, 9.17) is 35.4 Å². The monoisotopic (exact) mass is 388 g/mol. The molecule has 0 radical (unpaired) electrons. The molecule has 0 saturated carbocycles. The van der Waals surface area contributed by atoms with Gasteiger partial charge in [-0.1, -0.05) is 29.6 Å². The van der Waals surface area contributed by atoms with E-state index in [1.807, 2.05) is 0 Å². The van der Waals surface area contributed by atoms with Gasteiger partial charge >= 0.3 is 0 Å². The van der Waals surface area contributed by atoms with Gasteiger partial charge in [0.2, 0.25) is 5.91 Å². The van der Waals surface area contributed by atoms with E-state index in [0.717, 1.165) is 19.3 Å². The van der Waals surface area contributed by atoms with Crippen LogP contribution in [0.5, 0.6) is 0 Å². The van der Waals surface area contributed by atoms with Crippen molar-refractivity contribution in [3.05, 3.63) is 28.2 Å². The molecule has 1 aromatic carbocycles. The van der Waals surface area contributed by atoms with Crippen LogP contribution >= 0.6 is 35.4 Å². The number of carbonyl (C=O) groups is 2. The van der Waals surface area contributed by atoms with Crippen molar-refractivity contribution in [3.63, 3.8) is 0 Å². The molecule has 130 valence electrons. The number of carbonyl (C=O) groups excluding carboxylic acids is 2. The molecule has 2 rings (SSSR count). The van der Waals surface area contributed by atoms with Crippen LogP contribution in [-0.4, -0.2) is 34.9 Å². The van der Waals surface area contributed by atoms with Gasteiger partial charge in [-0.3, -0.25) is 20.4 Å². The Labute approximate surface area is 155 Å². The van der Waals surface area contributed by atoms with Gasteiger partial charge in [0.1, 0.15) is 6.54 Å². The predicted molar refractivity (Wildman–Crippen MR) is 99.0 cm³/mol. The topological polar surface area (TPSA) is 73.5 Å². The number of hydrogen-bond acceptors (Lipinski definition) is 3. The molecule has 0 bridgehead atoms. The lowest BCUT2D eigenvalue weighted by Crippen LogP contribution is -2.48. The number of benzene rings is 1. The lowest BCUT2D eigenvalue weighted by molar-refractivity contribution is -0.135. The number of hydrogen-bond donors (Lipinski definition) is 3. The first-order chi connectivity index (χ1) is 11.5. The van der Waals surface area contributed by atoms with E-state index in [1.54, 1.807) is 23.1 Å². The van der Waals surface area contributed by atoms with Crippen LogP contribution in [0.1, 0.15) is 25.7 Å². The van der Waals surface area contributed by atoms with Gasteiger partial charge in [-0.15, -0.1) is 0 Å². The Morgan fingerprint density at radius 2 is 1.96 bits per heavy atom. The fourth-order valence-electron chi connectivity index (χ4n) is 2.28. The fraction of sp³-hybridized carbons (Fsp3) is 0.400. The van der Waals surface area contributed by atoms with Crippen LogP contribution in [0.4, 0.5) is 5.69 Å². The van der Waals surface area contributed by atoms with Crippen LogP contribution < -0.4 is 16.2 Å². The zero-order chi connectivity index (χ0) is 17.5. The summed E-state index contributed by atoms with van der Waals surface area (Å²) in [4.78, 5) is 25.4. The van der Waals surface area contributed by atoms with E-state index in [0.29, 0.717) is 28.7 Å². The van der Waals surface area contributed by atoms with Crippen molar-refractivity contribution in [2.45, 2.75) is 25.7 Å². The van der Waals surface area contributed by atoms with E-state index < -0.39 is 0 Å². The van der Waals surface area contributed by atoms with E-state index in [2.05, 4.69) is 16.2 Å². The second-order valence-electron chi connectivity index (χ2n) is 5.38. The summed E-state index contributed by atoms with van der Waals surface area (Å²) in [6.45, 7) is 0.624. The molecule has 1 aliphatic heterocycles. The van der Waals surface area contributed by atoms with E-state index >= 15 is 0 Å². The number of amides is 2. The standard InChI is InChI=1S/C15H18Cl2N4O2S/c16-11-6-5-10(8-12(11)17)18-15(24)20-19-13(22)9-21-7-3-1-2-4-14(21)23/h5-6,8H,1-4,7,9H2,(H,19,22)(H2,18,20,24). The number of likely N-dealkylation sites (tertiary alicyclic amines) is 1. The number of nitrogens with zero attached hydrogens (tertiary/aromatic N) is 1. The fourth-order valence-corrected chi connectivity index (χ4v) is 2.75. The lowest BCUT2D eigenvalue weighted by atomic mass is 10.2. The van der Waals surface area contributed by atoms with E-state index in [-0.39, 0.29) is 23.5 Å². The average Bonchev–Trinajstić information content (AvgIpc) is 2.74. The molecule has 1 aliphatic rings. The molecule has 1 aromatic rings. The summed E-state index contributed by atoms with van der Waals surface area (Å²) < 4.78 is 0. The number of hydrazine groups is 1. The van der Waals surface area contributed by atoms with Gasteiger partial charge in [0.15, 0.2) is 5.11 Å². The molecule has 0 atom stereocenters. The summed E-state index contributed by atoms with van der Waals surface area (Å²) in [5, 5.41) is 3.91. The van der Waals surface area contributed by atoms with E-state index in [9.17, 15) is 9.59 Å². The molecule has 24 heavy (non-hydrogen) atoms. The SMILES string of the molecule is O=C(CN1CCCCCC1=O)NNC(=S)Nc1ccc(Cl)c(Cl)c1. The highest BCUT2D eigenvalue weighted by molar-refractivity contribution is 7.80. The van der Waals surface area contributed by atoms with Gasteiger partial charge in [-0.25, -0.2) is 0 Å². The summed E-state index contributed by atoms with van der Waals surface area (Å²) in [7, 11) is 0. The molecule has 1 saturated heterocycles. The number of halogens is 2. The maximum Gasteiger partial charge on any atom is 0.257 e. The summed E-state index contributed by atoms with van der Waals surface area (Å²) in [6, 6.07) is 4.97. The normalized spacial score (nSPS) is 14.8. The zero-order valence-corrected chi connectivity index (χ0v) is 15.2. The Morgan fingerprint density at radius 1 is 1.17 bits per heavy atom. The van der Waals surface area contributed by atoms with Crippen molar-refractivity contribution >= 4 is 58.0 Å². The second kappa shape index (κ2) is 9.05. The summed E-state index contributed by atoms with van der Waals surface area (Å²) >= 11 is 16.8. The van der Waals surface area contributed by atoms with Crippen molar-refractivity contribution < 1.29 is 9.59 Å². The Kier molecular flexibility index (Phi) is 7.08. The number of rotatable bonds is 3. The quantitative estimate of drug-likeness (QED) is 0.548. The molecule has 9 heteroatoms. The molecule has 0 spiro atoms. The minimum atomic E-state index is -0.330. The van der Waals surface area contributed by atoms with Gasteiger partial charge in [0.25, 0.3) is 5.91 Å². The van der Waals surface area contributed by atoms with Gasteiger partial charge in [-0.2, -0.15) is 0 Å². The number of anilines is 1. The van der Waals surface area contributed by atoms with Gasteiger partial charge < -0.3 is 10.2 Å². The molecular formula is C15H18Cl2N4O2S. The Morgan fingerprint density at radius 3 is 2.71 bits per heavy atom. The highest BCUT2D eigenvalue weighted by Crippen LogP contribution is 2.24. The maximum atomic E-state index is 11.9. The lowest BCUT2D eigenvalue weighted by Gasteiger charge is -2.20. The number of nitrogens with one attached hydrogen (secondary N) is 3. The largest absolute Gasteiger partial charge is 0.333 e. The minimum absolute atomic E-state index is 0.0131. The summed E-state index contributed by atoms with van der Waals surface area (Å²) in [6.07, 6.45) is 3.31. The van der Waals surface area contributed by atoms with E-state index in [1.165, 1.54) is 0 Å². The third kappa shape index (κ3) is 5.81. The minimum Gasteiger partial charge on any atom is -0.333 e. The molecule has 0 aromatic heterocycles. The molecule has 6 nitrogen and oxygen atoms in total. The molecule has 0 unspecified atom stereocenters. The maximum absolute atomic E-state index is 11.9. The zero-order valence-electron chi connectivity index (χ0n) is 12.9. The van der Waals surface area contributed by atoms with Crippen LogP contribution in [0, 0.1) is 0 Å². The van der Waals surface area contributed by atoms with Crippen LogP contribution in [-0.2, 0) is 9.59 Å². The van der Waals surface area contributed by atoms with Crippen molar-refractivity contribution in [1.82, 2.24) is 15.8 Å². The molecular weight excluding hydrogens is 371 g/mol. The summed E-state index contributed by atoms with van der Waals surface area (Å²) in [5.74, 6) is -0.317. The van der Waals surface area contributed by atoms with Crippen molar-refractivity contribution in [2.24, 2.45) is 0 Å². The van der Waals surface area contributed by atoms with Gasteiger partial charge in [0.05, 0.1) is 10.0 Å². The third-order valence-electron chi connectivity index (χ3n) is 3.50. The van der Waals surface area contributed by atoms with Crippen LogP contribution in [0.3, 0.4) is 0 Å². The van der Waals surface area contributed by atoms with Gasteiger partial charge in [-0.05, 0) is 43.3 Å². The predicted octanol–water partition coefficient (Wildman–Crippen LogP) is 2.71. The molecule has 1 fully saturated rings. The first-order valence-corrected chi connectivity index (χ1v) is 8.71. The Balaban J connectivity index is 1.77. The molecule has 0 aliphatic carbocycles. The second-order valence-corrected chi connectivity index (χ2v) is 6.60. The molecule has 1 heterocycles. The average molecular weight is 389 g/mol. The van der Waals surface area contributed by atoms with Crippen molar-refractivity contribution in [1.29, 1.82) is 0 Å². The first kappa shape index (κ1) is 18.8. The highest BCUT2D eigenvalue weighted by Gasteiger charge is 2.19. The first-order valence-electron chi connectivity index (χ1n) is 7.54. The van der Waals surface area contributed by atoms with Crippen molar-refractivity contribution in [2.75, 3.05) is 18.4 Å². The number of thiocarbonyl (C=S) groups is 1. The van der Waals surface area contributed by atoms with Crippen LogP contribution in [0.25, 0.3) is 0 Å². The Bertz CT molecular complexity index is 642.